The van der Waals surface area contributed by atoms with Crippen LogP contribution in [0.5, 0.6) is 0 Å². The standard InChI is InChI=1S/C16H27N3/c1-4-13-7-6-8-14(11-13)16(17-5-2)15-9-10-18-12(3)19-15/h9-10,13-14,16-17H,4-8,11H2,1-3H3. The molecule has 3 unspecified atom stereocenters. The number of aryl methyl sites for hydroxylation is 1. The summed E-state index contributed by atoms with van der Waals surface area (Å²) in [4.78, 5) is 8.86. The van der Waals surface area contributed by atoms with Gasteiger partial charge in [0.05, 0.1) is 11.7 Å². The van der Waals surface area contributed by atoms with Crippen molar-refractivity contribution in [1.29, 1.82) is 0 Å². The molecule has 3 nitrogen and oxygen atoms in total. The van der Waals surface area contributed by atoms with Gasteiger partial charge in [0.15, 0.2) is 0 Å². The molecule has 0 spiro atoms. The van der Waals surface area contributed by atoms with Crippen LogP contribution in [0, 0.1) is 18.8 Å². The maximum absolute atomic E-state index is 4.64. The molecule has 0 radical (unpaired) electrons. The van der Waals surface area contributed by atoms with Crippen LogP contribution in [0.3, 0.4) is 0 Å². The Morgan fingerprint density at radius 1 is 1.37 bits per heavy atom. The van der Waals surface area contributed by atoms with Crippen molar-refractivity contribution in [2.45, 2.75) is 58.9 Å². The highest BCUT2D eigenvalue weighted by Gasteiger charge is 2.29. The third-order valence-corrected chi connectivity index (χ3v) is 4.41. The maximum Gasteiger partial charge on any atom is 0.125 e. The van der Waals surface area contributed by atoms with Crippen LogP contribution < -0.4 is 5.32 Å². The Balaban J connectivity index is 2.15. The molecule has 0 bridgehead atoms. The van der Waals surface area contributed by atoms with Crippen LogP contribution in [0.4, 0.5) is 0 Å². The summed E-state index contributed by atoms with van der Waals surface area (Å²) in [6, 6.07) is 2.48. The first-order valence-corrected chi connectivity index (χ1v) is 7.77. The van der Waals surface area contributed by atoms with Crippen LogP contribution in [0.25, 0.3) is 0 Å². The molecule has 1 aliphatic rings. The van der Waals surface area contributed by atoms with E-state index in [1.807, 2.05) is 13.1 Å². The fourth-order valence-electron chi connectivity index (χ4n) is 3.39. The molecule has 3 heteroatoms. The Labute approximate surface area is 117 Å². The first-order valence-electron chi connectivity index (χ1n) is 7.77. The van der Waals surface area contributed by atoms with Crippen molar-refractivity contribution in [2.75, 3.05) is 6.54 Å². The molecule has 1 aliphatic carbocycles. The molecule has 1 aromatic rings. The van der Waals surface area contributed by atoms with Crippen molar-refractivity contribution in [2.24, 2.45) is 11.8 Å². The molecular formula is C16H27N3. The van der Waals surface area contributed by atoms with E-state index in [0.29, 0.717) is 6.04 Å². The molecule has 3 atom stereocenters. The minimum Gasteiger partial charge on any atom is -0.309 e. The fraction of sp³-hybridized carbons (Fsp3) is 0.750. The van der Waals surface area contributed by atoms with Crippen molar-refractivity contribution in [1.82, 2.24) is 15.3 Å². The third-order valence-electron chi connectivity index (χ3n) is 4.41. The minimum absolute atomic E-state index is 0.404. The number of aromatic nitrogens is 2. The zero-order valence-electron chi connectivity index (χ0n) is 12.5. The summed E-state index contributed by atoms with van der Waals surface area (Å²) in [5.74, 6) is 2.51. The van der Waals surface area contributed by atoms with Gasteiger partial charge in [0.1, 0.15) is 5.82 Å². The molecule has 1 fully saturated rings. The number of nitrogens with zero attached hydrogens (tertiary/aromatic N) is 2. The Morgan fingerprint density at radius 2 is 2.21 bits per heavy atom. The summed E-state index contributed by atoms with van der Waals surface area (Å²) in [5.41, 5.74) is 1.18. The second-order valence-electron chi connectivity index (χ2n) is 5.77. The van der Waals surface area contributed by atoms with E-state index >= 15 is 0 Å². The smallest absolute Gasteiger partial charge is 0.125 e. The monoisotopic (exact) mass is 261 g/mol. The first-order chi connectivity index (χ1) is 9.24. The summed E-state index contributed by atoms with van der Waals surface area (Å²) in [6.45, 7) is 7.48. The predicted molar refractivity (Wildman–Crippen MR) is 78.9 cm³/mol. The van der Waals surface area contributed by atoms with Gasteiger partial charge in [-0.25, -0.2) is 9.97 Å². The van der Waals surface area contributed by atoms with Gasteiger partial charge in [-0.2, -0.15) is 0 Å². The van der Waals surface area contributed by atoms with Crippen molar-refractivity contribution < 1.29 is 0 Å². The van der Waals surface area contributed by atoms with Crippen LogP contribution >= 0.6 is 0 Å². The molecule has 0 aromatic carbocycles. The van der Waals surface area contributed by atoms with E-state index in [0.717, 1.165) is 24.2 Å². The minimum atomic E-state index is 0.404. The Hall–Kier alpha value is -0.960. The predicted octanol–water partition coefficient (Wildman–Crippen LogP) is 3.65. The van der Waals surface area contributed by atoms with Crippen molar-refractivity contribution >= 4 is 0 Å². The lowest BCUT2D eigenvalue weighted by Gasteiger charge is -2.34. The zero-order valence-corrected chi connectivity index (χ0v) is 12.5. The van der Waals surface area contributed by atoms with Gasteiger partial charge in [0, 0.05) is 6.20 Å². The van der Waals surface area contributed by atoms with Gasteiger partial charge >= 0.3 is 0 Å². The summed E-state index contributed by atoms with van der Waals surface area (Å²) in [7, 11) is 0. The molecule has 1 aromatic heterocycles. The molecule has 1 heterocycles. The normalized spacial score (nSPS) is 25.2. The van der Waals surface area contributed by atoms with Crippen LogP contribution in [0.15, 0.2) is 12.3 Å². The van der Waals surface area contributed by atoms with E-state index in [-0.39, 0.29) is 0 Å². The molecule has 1 saturated carbocycles. The van der Waals surface area contributed by atoms with E-state index in [1.165, 1.54) is 37.8 Å². The number of hydrogen-bond acceptors (Lipinski definition) is 3. The van der Waals surface area contributed by atoms with Crippen LogP contribution in [0.2, 0.25) is 0 Å². The van der Waals surface area contributed by atoms with Gasteiger partial charge in [0.2, 0.25) is 0 Å². The lowest BCUT2D eigenvalue weighted by atomic mass is 9.76. The van der Waals surface area contributed by atoms with E-state index in [9.17, 15) is 0 Å². The third kappa shape index (κ3) is 3.75. The first kappa shape index (κ1) is 14.4. The average Bonchev–Trinajstić information content (AvgIpc) is 2.45. The zero-order chi connectivity index (χ0) is 13.7. The molecule has 1 N–H and O–H groups in total. The Morgan fingerprint density at radius 3 is 2.89 bits per heavy atom. The van der Waals surface area contributed by atoms with Crippen LogP contribution in [0.1, 0.15) is 63.5 Å². The number of nitrogens with one attached hydrogen (secondary N) is 1. The number of rotatable bonds is 5. The van der Waals surface area contributed by atoms with Gasteiger partial charge in [-0.05, 0) is 44.2 Å². The lowest BCUT2D eigenvalue weighted by molar-refractivity contribution is 0.208. The topological polar surface area (TPSA) is 37.8 Å². The van der Waals surface area contributed by atoms with Crippen LogP contribution in [-0.4, -0.2) is 16.5 Å². The SMILES string of the molecule is CCNC(c1ccnc(C)n1)C1CCCC(CC)C1. The quantitative estimate of drug-likeness (QED) is 0.879. The molecule has 106 valence electrons. The second kappa shape index (κ2) is 6.99. The largest absolute Gasteiger partial charge is 0.309 e. The molecule has 2 rings (SSSR count). The lowest BCUT2D eigenvalue weighted by Crippen LogP contribution is -2.32. The molecule has 0 amide bonds. The van der Waals surface area contributed by atoms with Gasteiger partial charge in [0.25, 0.3) is 0 Å². The highest BCUT2D eigenvalue weighted by Crippen LogP contribution is 2.37. The Bertz CT molecular complexity index is 391. The van der Waals surface area contributed by atoms with Gasteiger partial charge < -0.3 is 5.32 Å². The van der Waals surface area contributed by atoms with E-state index in [2.05, 4.69) is 35.2 Å². The highest BCUT2D eigenvalue weighted by atomic mass is 15.0. The van der Waals surface area contributed by atoms with Crippen molar-refractivity contribution in [3.05, 3.63) is 23.8 Å². The van der Waals surface area contributed by atoms with Gasteiger partial charge in [-0.3, -0.25) is 0 Å². The second-order valence-corrected chi connectivity index (χ2v) is 5.77. The van der Waals surface area contributed by atoms with Crippen LogP contribution in [-0.2, 0) is 0 Å². The van der Waals surface area contributed by atoms with Gasteiger partial charge in [-0.15, -0.1) is 0 Å². The average molecular weight is 261 g/mol. The molecule has 0 saturated heterocycles. The summed E-state index contributed by atoms with van der Waals surface area (Å²) in [6.07, 6.45) is 8.67. The summed E-state index contributed by atoms with van der Waals surface area (Å²) < 4.78 is 0. The molecule has 19 heavy (non-hydrogen) atoms. The maximum atomic E-state index is 4.64. The van der Waals surface area contributed by atoms with E-state index in [1.54, 1.807) is 0 Å². The highest BCUT2D eigenvalue weighted by molar-refractivity contribution is 5.09. The summed E-state index contributed by atoms with van der Waals surface area (Å²) in [5, 5.41) is 3.65. The van der Waals surface area contributed by atoms with Crippen molar-refractivity contribution in [3.8, 4) is 0 Å². The Kier molecular flexibility index (Phi) is 5.32. The van der Waals surface area contributed by atoms with E-state index in [4.69, 9.17) is 0 Å². The summed E-state index contributed by atoms with van der Waals surface area (Å²) >= 11 is 0. The molecule has 0 aliphatic heterocycles. The van der Waals surface area contributed by atoms with Crippen molar-refractivity contribution in [3.63, 3.8) is 0 Å². The van der Waals surface area contributed by atoms with Gasteiger partial charge in [-0.1, -0.05) is 33.1 Å². The van der Waals surface area contributed by atoms with E-state index < -0.39 is 0 Å². The molecular weight excluding hydrogens is 234 g/mol. The number of hydrogen-bond donors (Lipinski definition) is 1. The fourth-order valence-corrected chi connectivity index (χ4v) is 3.39.